The zero-order valence-electron chi connectivity index (χ0n) is 51.8. The summed E-state index contributed by atoms with van der Waals surface area (Å²) in [5.74, 6) is 1.07. The van der Waals surface area contributed by atoms with Crippen molar-refractivity contribution >= 4 is 80.3 Å². The summed E-state index contributed by atoms with van der Waals surface area (Å²) in [5, 5.41) is 5.32. The standard InChI is InChI=1S/C35H43N3O5.C25H26N2O3.C10H18ClNO2/c1-23-11-13-28-29(18-23)37(21-31(39)36-16-7-8-24(20-36)15-17-42-2)32(40)22-38-30-19-26(35(41)43-3)12-14-27(30)33(34(28)38)25-9-5-4-6-10-25;1-15-8-10-18-20(12-15)26-22(28)14-27-21-13-17(25(29)30-2)9-11-19(21)23(24(18)27)16-6-4-3-5-7-16;1-14-6-4-9-3-2-5-12(8-9)10(13)7-11/h11-14,18-19,24-25H,4-10,15-17,20-22H2,1-3H3;8-13,16H,3-7,14H2,1-2H3,(H,26,28);9H,2-8H2,1H3/t24-;;9-/m0.0/s1. The van der Waals surface area contributed by atoms with Crippen molar-refractivity contribution in [2.75, 3.05) is 90.5 Å². The highest BCUT2D eigenvalue weighted by atomic mass is 35.5. The van der Waals surface area contributed by atoms with E-state index in [1.54, 1.807) is 19.1 Å². The van der Waals surface area contributed by atoms with Crippen molar-refractivity contribution in [2.45, 2.75) is 142 Å². The fraction of sp³-hybridized carbons (Fsp3) is 0.514. The molecule has 1 N–H and O–H groups in total. The second-order valence-corrected chi connectivity index (χ2v) is 25.1. The lowest BCUT2D eigenvalue weighted by molar-refractivity contribution is -0.133. The molecular weight excluding hydrogens is 1120 g/mol. The zero-order valence-corrected chi connectivity index (χ0v) is 52.6. The number of nitrogens with zero attached hydrogens (tertiary/aromatic N) is 5. The fourth-order valence-corrected chi connectivity index (χ4v) is 14.8. The monoisotopic (exact) mass is 1210 g/mol. The van der Waals surface area contributed by atoms with Gasteiger partial charge in [0.1, 0.15) is 25.5 Å². The Kier molecular flexibility index (Phi) is 20.9. The summed E-state index contributed by atoms with van der Waals surface area (Å²) >= 11 is 5.52. The summed E-state index contributed by atoms with van der Waals surface area (Å²) in [6, 6.07) is 24.0. The Labute approximate surface area is 517 Å². The van der Waals surface area contributed by atoms with Gasteiger partial charge in [-0.2, -0.15) is 0 Å². The molecule has 0 spiro atoms. The molecule has 6 aliphatic rings. The van der Waals surface area contributed by atoms with Gasteiger partial charge in [-0.1, -0.05) is 74.9 Å². The van der Waals surface area contributed by atoms with Crippen LogP contribution in [0, 0.1) is 25.7 Å². The Bertz CT molecular complexity index is 3500. The predicted molar refractivity (Wildman–Crippen MR) is 342 cm³/mol. The number of likely N-dealkylation sites (tertiary alicyclic amines) is 2. The first-order valence-electron chi connectivity index (χ1n) is 31.6. The minimum Gasteiger partial charge on any atom is -0.465 e. The van der Waals surface area contributed by atoms with E-state index in [-0.39, 0.29) is 55.1 Å². The molecule has 0 unspecified atom stereocenters. The number of nitrogens with one attached hydrogen (secondary N) is 1. The molecule has 0 bridgehead atoms. The number of benzene rings is 4. The molecule has 2 saturated heterocycles. The Morgan fingerprint density at radius 1 is 0.563 bits per heavy atom. The van der Waals surface area contributed by atoms with Gasteiger partial charge < -0.3 is 48.1 Å². The van der Waals surface area contributed by atoms with Gasteiger partial charge >= 0.3 is 11.9 Å². The highest BCUT2D eigenvalue weighted by Crippen LogP contribution is 2.49. The molecule has 2 saturated carbocycles. The second kappa shape index (κ2) is 28.9. The zero-order chi connectivity index (χ0) is 61.3. The number of carbonyl (C=O) groups is 6. The number of ether oxygens (including phenoxy) is 4. The Morgan fingerprint density at radius 2 is 1.06 bits per heavy atom. The van der Waals surface area contributed by atoms with E-state index in [1.807, 2.05) is 66.1 Å². The molecule has 2 aromatic heterocycles. The molecule has 4 fully saturated rings. The van der Waals surface area contributed by atoms with E-state index in [9.17, 15) is 28.8 Å². The number of methoxy groups -OCH3 is 4. The highest BCUT2D eigenvalue weighted by molar-refractivity contribution is 6.27. The van der Waals surface area contributed by atoms with E-state index in [1.165, 1.54) is 70.3 Å². The summed E-state index contributed by atoms with van der Waals surface area (Å²) in [6.07, 6.45) is 18.2. The van der Waals surface area contributed by atoms with E-state index in [4.69, 9.17) is 30.5 Å². The highest BCUT2D eigenvalue weighted by Gasteiger charge is 2.37. The number of anilines is 2. The van der Waals surface area contributed by atoms with Gasteiger partial charge in [0.05, 0.1) is 59.1 Å². The first-order valence-corrected chi connectivity index (χ1v) is 32.2. The first kappa shape index (κ1) is 63.0. The number of piperidine rings is 2. The molecule has 4 amide bonds. The van der Waals surface area contributed by atoms with Crippen molar-refractivity contribution in [3.8, 4) is 22.5 Å². The Balaban J connectivity index is 0.000000164. The molecule has 4 aromatic carbocycles. The van der Waals surface area contributed by atoms with Crippen molar-refractivity contribution in [1.29, 1.82) is 0 Å². The summed E-state index contributed by atoms with van der Waals surface area (Å²) in [6.45, 7) is 9.04. The van der Waals surface area contributed by atoms with Gasteiger partial charge in [0.15, 0.2) is 0 Å². The van der Waals surface area contributed by atoms with Crippen LogP contribution in [0.5, 0.6) is 0 Å². The van der Waals surface area contributed by atoms with Crippen molar-refractivity contribution in [3.63, 3.8) is 0 Å². The minimum atomic E-state index is -0.398. The average Bonchev–Trinajstić information content (AvgIpc) is 1.62. The molecule has 0 radical (unpaired) electrons. The van der Waals surface area contributed by atoms with Crippen LogP contribution in [-0.2, 0) is 51.2 Å². The van der Waals surface area contributed by atoms with Crippen molar-refractivity contribution < 1.29 is 47.7 Å². The van der Waals surface area contributed by atoms with E-state index in [0.29, 0.717) is 48.0 Å². The molecule has 17 heteroatoms. The molecular formula is C70H87ClN6O10. The molecule has 16 nitrogen and oxygen atoms in total. The van der Waals surface area contributed by atoms with Crippen LogP contribution in [0.3, 0.4) is 0 Å². The van der Waals surface area contributed by atoms with Crippen LogP contribution in [-0.4, -0.2) is 135 Å². The summed E-state index contributed by atoms with van der Waals surface area (Å²) < 4.78 is 24.5. The lowest BCUT2D eigenvalue weighted by Crippen LogP contribution is -2.47. The maximum absolute atomic E-state index is 14.2. The molecule has 87 heavy (non-hydrogen) atoms. The van der Waals surface area contributed by atoms with Crippen LogP contribution in [0.4, 0.5) is 11.4 Å². The average molecular weight is 1210 g/mol. The number of amides is 4. The topological polar surface area (TPSA) is 171 Å². The van der Waals surface area contributed by atoms with Gasteiger partial charge in [0.25, 0.3) is 0 Å². The lowest BCUT2D eigenvalue weighted by Gasteiger charge is -2.34. The quantitative estimate of drug-likeness (QED) is 0.0867. The van der Waals surface area contributed by atoms with E-state index in [2.05, 4.69) is 44.8 Å². The predicted octanol–water partition coefficient (Wildman–Crippen LogP) is 13.0. The number of alkyl halides is 1. The molecule has 2 aliphatic carbocycles. The summed E-state index contributed by atoms with van der Waals surface area (Å²) in [4.78, 5) is 82.4. The van der Waals surface area contributed by atoms with Crippen LogP contribution < -0.4 is 10.2 Å². The third kappa shape index (κ3) is 14.0. The molecule has 2 atom stereocenters. The van der Waals surface area contributed by atoms with Gasteiger partial charge in [-0.15, -0.1) is 11.6 Å². The molecule has 6 heterocycles. The van der Waals surface area contributed by atoms with Crippen molar-refractivity contribution in [3.05, 3.63) is 106 Å². The smallest absolute Gasteiger partial charge is 0.337 e. The minimum absolute atomic E-state index is 0.0140. The number of aryl methyl sites for hydroxylation is 2. The van der Waals surface area contributed by atoms with Crippen LogP contribution >= 0.6 is 11.6 Å². The second-order valence-electron chi connectivity index (χ2n) is 24.8. The number of halogens is 1. The number of fused-ring (bicyclic) bond motifs is 10. The normalized spacial score (nSPS) is 18.8. The Hall–Kier alpha value is -7.01. The number of hydrogen-bond acceptors (Lipinski definition) is 10. The van der Waals surface area contributed by atoms with Gasteiger partial charge in [-0.25, -0.2) is 9.59 Å². The summed E-state index contributed by atoms with van der Waals surface area (Å²) in [5.41, 5.74) is 13.3. The van der Waals surface area contributed by atoms with Crippen LogP contribution in [0.2, 0.25) is 0 Å². The van der Waals surface area contributed by atoms with Gasteiger partial charge in [0.2, 0.25) is 23.6 Å². The summed E-state index contributed by atoms with van der Waals surface area (Å²) in [7, 11) is 6.21. The van der Waals surface area contributed by atoms with E-state index >= 15 is 0 Å². The number of rotatable bonds is 13. The molecule has 6 aromatic rings. The number of esters is 2. The van der Waals surface area contributed by atoms with Crippen molar-refractivity contribution in [1.82, 2.24) is 18.9 Å². The van der Waals surface area contributed by atoms with Gasteiger partial charge in [-0.3, -0.25) is 19.2 Å². The maximum Gasteiger partial charge on any atom is 0.337 e. The molecule has 464 valence electrons. The third-order valence-corrected chi connectivity index (χ3v) is 19.2. The van der Waals surface area contributed by atoms with Gasteiger partial charge in [-0.05, 0) is 160 Å². The van der Waals surface area contributed by atoms with E-state index < -0.39 is 5.97 Å². The van der Waals surface area contributed by atoms with E-state index in [0.717, 1.165) is 151 Å². The number of carbonyl (C=O) groups excluding carboxylic acids is 6. The van der Waals surface area contributed by atoms with Gasteiger partial charge in [0, 0.05) is 75.5 Å². The number of aromatic nitrogens is 2. The van der Waals surface area contributed by atoms with Crippen LogP contribution in [0.1, 0.15) is 158 Å². The number of hydrogen-bond donors (Lipinski definition) is 1. The lowest BCUT2D eigenvalue weighted by atomic mass is 9.81. The largest absolute Gasteiger partial charge is 0.465 e. The SMILES string of the molecule is COC(=O)c1ccc2c(C3CCCCC3)c3n(c2c1)CC(=O)Nc1cc(C)ccc1-3.COCC[C@@H]1CCCN(C(=O)CCl)C1.COCC[C@@H]1CCCN(C(=O)CN2C(=O)Cn3c(c(C4CCCCC4)c4ccc(C(=O)OC)cc43)-c3ccc(C)cc32)C1. The van der Waals surface area contributed by atoms with Crippen LogP contribution in [0.25, 0.3) is 44.3 Å². The van der Waals surface area contributed by atoms with Crippen LogP contribution in [0.15, 0.2) is 72.8 Å². The third-order valence-electron chi connectivity index (χ3n) is 19.0. The Morgan fingerprint density at radius 3 is 1.57 bits per heavy atom. The van der Waals surface area contributed by atoms with Crippen molar-refractivity contribution in [2.24, 2.45) is 11.8 Å². The first-order chi connectivity index (χ1) is 42.2. The molecule has 12 rings (SSSR count). The molecule has 4 aliphatic heterocycles. The fourth-order valence-electron chi connectivity index (χ4n) is 14.6. The maximum atomic E-state index is 14.2.